The Bertz CT molecular complexity index is 564. The molecule has 1 saturated carbocycles. The Hall–Kier alpha value is -1.51. The van der Waals surface area contributed by atoms with E-state index in [9.17, 15) is 0 Å². The number of hydrogen-bond donors (Lipinski definition) is 1. The van der Waals surface area contributed by atoms with E-state index in [2.05, 4.69) is 29.5 Å². The van der Waals surface area contributed by atoms with Crippen LogP contribution in [0.25, 0.3) is 11.0 Å². The first-order valence-electron chi connectivity index (χ1n) is 6.30. The van der Waals surface area contributed by atoms with E-state index in [1.165, 1.54) is 24.8 Å². The maximum Gasteiger partial charge on any atom is 0.106 e. The number of hydrogen-bond acceptors (Lipinski definition) is 2. The molecule has 1 aliphatic rings. The number of nitrogens with two attached hydrogens (primary N) is 1. The van der Waals surface area contributed by atoms with Crippen LogP contribution < -0.4 is 5.73 Å². The molecule has 3 rings (SSSR count). The summed E-state index contributed by atoms with van der Waals surface area (Å²) in [6.45, 7) is 5.54. The van der Waals surface area contributed by atoms with Crippen LogP contribution in [-0.2, 0) is 6.54 Å². The molecule has 0 saturated heterocycles. The van der Waals surface area contributed by atoms with E-state index < -0.39 is 0 Å². The monoisotopic (exact) mass is 229 g/mol. The summed E-state index contributed by atoms with van der Waals surface area (Å²) in [6, 6.07) is 6.01. The van der Waals surface area contributed by atoms with Crippen LogP contribution >= 0.6 is 0 Å². The lowest BCUT2D eigenvalue weighted by Gasteiger charge is -2.39. The highest BCUT2D eigenvalue weighted by Crippen LogP contribution is 2.42. The van der Waals surface area contributed by atoms with Crippen molar-refractivity contribution in [1.29, 1.82) is 0 Å². The molecule has 0 radical (unpaired) electrons. The van der Waals surface area contributed by atoms with E-state index in [1.807, 2.05) is 12.1 Å². The Morgan fingerprint density at radius 2 is 2.18 bits per heavy atom. The van der Waals surface area contributed by atoms with Gasteiger partial charge < -0.3 is 10.3 Å². The Balaban J connectivity index is 2.06. The molecular weight excluding hydrogens is 210 g/mol. The van der Waals surface area contributed by atoms with Crippen molar-refractivity contribution in [2.75, 3.05) is 5.73 Å². The van der Waals surface area contributed by atoms with E-state index >= 15 is 0 Å². The molecule has 0 atom stereocenters. The number of aromatic nitrogens is 2. The Labute approximate surface area is 102 Å². The molecule has 3 heteroatoms. The van der Waals surface area contributed by atoms with Gasteiger partial charge in [-0.3, -0.25) is 0 Å². The van der Waals surface area contributed by atoms with E-state index in [4.69, 9.17) is 5.73 Å². The van der Waals surface area contributed by atoms with Crippen LogP contribution in [0, 0.1) is 12.3 Å². The van der Waals surface area contributed by atoms with Gasteiger partial charge in [0, 0.05) is 12.2 Å². The van der Waals surface area contributed by atoms with Crippen molar-refractivity contribution in [3.05, 3.63) is 24.0 Å². The fraction of sp³-hybridized carbons (Fsp3) is 0.500. The van der Waals surface area contributed by atoms with Gasteiger partial charge in [-0.1, -0.05) is 13.3 Å². The highest BCUT2D eigenvalue weighted by molar-refractivity contribution is 5.79. The summed E-state index contributed by atoms with van der Waals surface area (Å²) in [5.41, 5.74) is 9.29. The molecule has 90 valence electrons. The maximum atomic E-state index is 5.80. The quantitative estimate of drug-likeness (QED) is 0.804. The van der Waals surface area contributed by atoms with E-state index in [-0.39, 0.29) is 0 Å². The molecule has 2 aromatic rings. The molecule has 0 spiro atoms. The Morgan fingerprint density at radius 3 is 2.82 bits per heavy atom. The number of benzene rings is 1. The van der Waals surface area contributed by atoms with Crippen LogP contribution in [0.3, 0.4) is 0 Å². The number of nitrogen functional groups attached to an aromatic ring is 1. The lowest BCUT2D eigenvalue weighted by Crippen LogP contribution is -2.31. The molecule has 2 N–H and O–H groups in total. The number of nitrogens with zero attached hydrogens (tertiary/aromatic N) is 2. The van der Waals surface area contributed by atoms with Crippen LogP contribution in [0.2, 0.25) is 0 Å². The molecule has 1 aliphatic carbocycles. The van der Waals surface area contributed by atoms with Gasteiger partial charge in [0.05, 0.1) is 11.0 Å². The molecule has 1 fully saturated rings. The molecule has 17 heavy (non-hydrogen) atoms. The highest BCUT2D eigenvalue weighted by Gasteiger charge is 2.32. The predicted octanol–water partition coefficient (Wildman–Crippen LogP) is 3.12. The zero-order valence-electron chi connectivity index (χ0n) is 10.5. The first kappa shape index (κ1) is 10.6. The minimum absolute atomic E-state index is 0.472. The third-order valence-electron chi connectivity index (χ3n) is 4.06. The fourth-order valence-electron chi connectivity index (χ4n) is 2.79. The van der Waals surface area contributed by atoms with E-state index in [0.29, 0.717) is 5.41 Å². The number of anilines is 1. The SMILES string of the molecule is Cc1nc2cc(N)ccc2n1CC1(C)CCC1. The van der Waals surface area contributed by atoms with E-state index in [0.717, 1.165) is 23.6 Å². The summed E-state index contributed by atoms with van der Waals surface area (Å²) < 4.78 is 2.34. The van der Waals surface area contributed by atoms with Crippen molar-refractivity contribution in [1.82, 2.24) is 9.55 Å². The average Bonchev–Trinajstić information content (AvgIpc) is 2.52. The summed E-state index contributed by atoms with van der Waals surface area (Å²) in [4.78, 5) is 4.60. The Morgan fingerprint density at radius 1 is 1.41 bits per heavy atom. The fourth-order valence-corrected chi connectivity index (χ4v) is 2.79. The molecule has 0 amide bonds. The third-order valence-corrected chi connectivity index (χ3v) is 4.06. The third kappa shape index (κ3) is 1.70. The van der Waals surface area contributed by atoms with Gasteiger partial charge in [-0.25, -0.2) is 4.98 Å². The molecule has 1 aromatic heterocycles. The van der Waals surface area contributed by atoms with Gasteiger partial charge >= 0.3 is 0 Å². The summed E-state index contributed by atoms with van der Waals surface area (Å²) >= 11 is 0. The van der Waals surface area contributed by atoms with Crippen molar-refractivity contribution < 1.29 is 0 Å². The second-order valence-corrected chi connectivity index (χ2v) is 5.66. The zero-order chi connectivity index (χ0) is 12.0. The van der Waals surface area contributed by atoms with Gasteiger partial charge in [0.15, 0.2) is 0 Å². The van der Waals surface area contributed by atoms with Crippen LogP contribution in [0.5, 0.6) is 0 Å². The summed E-state index contributed by atoms with van der Waals surface area (Å²) in [5, 5.41) is 0. The highest BCUT2D eigenvalue weighted by atomic mass is 15.1. The second kappa shape index (κ2) is 3.49. The zero-order valence-corrected chi connectivity index (χ0v) is 10.5. The lowest BCUT2D eigenvalue weighted by atomic mass is 9.70. The molecule has 3 nitrogen and oxygen atoms in total. The molecule has 0 aliphatic heterocycles. The maximum absolute atomic E-state index is 5.80. The van der Waals surface area contributed by atoms with Crippen molar-refractivity contribution >= 4 is 16.7 Å². The van der Waals surface area contributed by atoms with Gasteiger partial charge in [0.25, 0.3) is 0 Å². The first-order chi connectivity index (χ1) is 8.07. The average molecular weight is 229 g/mol. The topological polar surface area (TPSA) is 43.8 Å². The number of rotatable bonds is 2. The Kier molecular flexibility index (Phi) is 2.18. The molecule has 0 bridgehead atoms. The van der Waals surface area contributed by atoms with Crippen molar-refractivity contribution in [3.8, 4) is 0 Å². The van der Waals surface area contributed by atoms with E-state index in [1.54, 1.807) is 0 Å². The van der Waals surface area contributed by atoms with Crippen molar-refractivity contribution in [2.24, 2.45) is 5.41 Å². The van der Waals surface area contributed by atoms with Gasteiger partial charge in [0.1, 0.15) is 5.82 Å². The molecular formula is C14H19N3. The minimum Gasteiger partial charge on any atom is -0.399 e. The summed E-state index contributed by atoms with van der Waals surface area (Å²) in [5.74, 6) is 1.10. The predicted molar refractivity (Wildman–Crippen MR) is 70.8 cm³/mol. The summed E-state index contributed by atoms with van der Waals surface area (Å²) in [6.07, 6.45) is 4.04. The summed E-state index contributed by atoms with van der Waals surface area (Å²) in [7, 11) is 0. The number of fused-ring (bicyclic) bond motifs is 1. The van der Waals surface area contributed by atoms with Crippen LogP contribution in [0.4, 0.5) is 5.69 Å². The van der Waals surface area contributed by atoms with Gasteiger partial charge in [0.2, 0.25) is 0 Å². The van der Waals surface area contributed by atoms with Gasteiger partial charge in [-0.2, -0.15) is 0 Å². The number of imidazole rings is 1. The van der Waals surface area contributed by atoms with Crippen molar-refractivity contribution in [2.45, 2.75) is 39.7 Å². The van der Waals surface area contributed by atoms with Crippen LogP contribution in [-0.4, -0.2) is 9.55 Å². The van der Waals surface area contributed by atoms with Gasteiger partial charge in [-0.05, 0) is 43.4 Å². The lowest BCUT2D eigenvalue weighted by molar-refractivity contribution is 0.133. The minimum atomic E-state index is 0.472. The van der Waals surface area contributed by atoms with Crippen LogP contribution in [0.1, 0.15) is 32.0 Å². The normalized spacial score (nSPS) is 18.2. The smallest absolute Gasteiger partial charge is 0.106 e. The standard InChI is InChI=1S/C14H19N3/c1-10-16-12-8-11(15)4-5-13(12)17(10)9-14(2)6-3-7-14/h4-5,8H,3,6-7,9,15H2,1-2H3. The van der Waals surface area contributed by atoms with Gasteiger partial charge in [-0.15, -0.1) is 0 Å². The van der Waals surface area contributed by atoms with Crippen molar-refractivity contribution in [3.63, 3.8) is 0 Å². The molecule has 1 aromatic carbocycles. The number of aryl methyl sites for hydroxylation is 1. The first-order valence-corrected chi connectivity index (χ1v) is 6.30. The largest absolute Gasteiger partial charge is 0.399 e. The second-order valence-electron chi connectivity index (χ2n) is 5.66. The molecule has 1 heterocycles. The molecule has 0 unspecified atom stereocenters. The van der Waals surface area contributed by atoms with Crippen LogP contribution in [0.15, 0.2) is 18.2 Å².